The Labute approximate surface area is 129 Å². The quantitative estimate of drug-likeness (QED) is 0.876. The zero-order chi connectivity index (χ0) is 14.8. The molecule has 0 radical (unpaired) electrons. The summed E-state index contributed by atoms with van der Waals surface area (Å²) in [6.45, 7) is 2.58. The third-order valence-corrected chi connectivity index (χ3v) is 6.59. The van der Waals surface area contributed by atoms with E-state index in [9.17, 15) is 8.42 Å². The van der Waals surface area contributed by atoms with Gasteiger partial charge in [0, 0.05) is 23.7 Å². The lowest BCUT2D eigenvalue weighted by Gasteiger charge is -2.24. The standard InChI is InChI=1S/C14H20BrNO3S/c1-11-10-13(6-7-14(11)15)20(18,19)16-8-2-4-12(16)5-3-9-17/h6-7,10,12,17H,2-5,8-9H2,1H3. The Kier molecular flexibility index (Phi) is 5.23. The highest BCUT2D eigenvalue weighted by molar-refractivity contribution is 9.10. The minimum Gasteiger partial charge on any atom is -0.396 e. The van der Waals surface area contributed by atoms with E-state index in [1.807, 2.05) is 6.92 Å². The van der Waals surface area contributed by atoms with E-state index < -0.39 is 10.0 Å². The summed E-state index contributed by atoms with van der Waals surface area (Å²) in [7, 11) is -3.43. The third kappa shape index (κ3) is 3.24. The van der Waals surface area contributed by atoms with Gasteiger partial charge in [-0.25, -0.2) is 8.42 Å². The average molecular weight is 362 g/mol. The van der Waals surface area contributed by atoms with Crippen molar-refractivity contribution in [1.29, 1.82) is 0 Å². The molecule has 0 spiro atoms. The molecule has 20 heavy (non-hydrogen) atoms. The molecule has 6 heteroatoms. The first-order valence-corrected chi connectivity index (χ1v) is 9.09. The van der Waals surface area contributed by atoms with E-state index in [2.05, 4.69) is 15.9 Å². The van der Waals surface area contributed by atoms with Gasteiger partial charge in [0.15, 0.2) is 0 Å². The summed E-state index contributed by atoms with van der Waals surface area (Å²) < 4.78 is 28.0. The highest BCUT2D eigenvalue weighted by Gasteiger charge is 2.34. The summed E-state index contributed by atoms with van der Waals surface area (Å²) in [4.78, 5) is 0.356. The molecule has 0 amide bonds. The topological polar surface area (TPSA) is 57.6 Å². The zero-order valence-corrected chi connectivity index (χ0v) is 14.0. The molecule has 1 fully saturated rings. The van der Waals surface area contributed by atoms with E-state index in [-0.39, 0.29) is 12.6 Å². The van der Waals surface area contributed by atoms with Gasteiger partial charge in [0.2, 0.25) is 10.0 Å². The highest BCUT2D eigenvalue weighted by atomic mass is 79.9. The van der Waals surface area contributed by atoms with Crippen LogP contribution < -0.4 is 0 Å². The van der Waals surface area contributed by atoms with Crippen LogP contribution in [0.4, 0.5) is 0 Å². The van der Waals surface area contributed by atoms with E-state index in [0.29, 0.717) is 17.9 Å². The molecule has 0 aliphatic carbocycles. The molecule has 0 aromatic heterocycles. The number of benzene rings is 1. The summed E-state index contributed by atoms with van der Waals surface area (Å²) in [6, 6.07) is 5.16. The van der Waals surface area contributed by atoms with Crippen LogP contribution in [-0.2, 0) is 10.0 Å². The van der Waals surface area contributed by atoms with Crippen molar-refractivity contribution in [1.82, 2.24) is 4.31 Å². The van der Waals surface area contributed by atoms with E-state index in [0.717, 1.165) is 29.3 Å². The molecular formula is C14H20BrNO3S. The van der Waals surface area contributed by atoms with Crippen LogP contribution >= 0.6 is 15.9 Å². The normalized spacial score (nSPS) is 20.4. The third-order valence-electron chi connectivity index (χ3n) is 3.75. The first kappa shape index (κ1) is 15.9. The molecule has 1 atom stereocenters. The summed E-state index contributed by atoms with van der Waals surface area (Å²) >= 11 is 3.39. The van der Waals surface area contributed by atoms with Crippen molar-refractivity contribution in [3.8, 4) is 0 Å². The van der Waals surface area contributed by atoms with E-state index >= 15 is 0 Å². The van der Waals surface area contributed by atoms with Crippen molar-refractivity contribution in [2.75, 3.05) is 13.2 Å². The molecule has 1 aromatic rings. The summed E-state index contributed by atoms with van der Waals surface area (Å²) in [6.07, 6.45) is 3.15. The first-order chi connectivity index (χ1) is 9.46. The Morgan fingerprint density at radius 1 is 1.45 bits per heavy atom. The van der Waals surface area contributed by atoms with Gasteiger partial charge in [0.1, 0.15) is 0 Å². The fourth-order valence-electron chi connectivity index (χ4n) is 2.65. The van der Waals surface area contributed by atoms with E-state index in [4.69, 9.17) is 5.11 Å². The van der Waals surface area contributed by atoms with Gasteiger partial charge in [0.05, 0.1) is 4.90 Å². The molecule has 1 N–H and O–H groups in total. The van der Waals surface area contributed by atoms with Crippen molar-refractivity contribution >= 4 is 26.0 Å². The predicted molar refractivity (Wildman–Crippen MR) is 82.1 cm³/mol. The van der Waals surface area contributed by atoms with Crippen LogP contribution in [0.5, 0.6) is 0 Å². The molecule has 1 saturated heterocycles. The molecule has 2 rings (SSSR count). The Hall–Kier alpha value is -0.430. The first-order valence-electron chi connectivity index (χ1n) is 6.85. The molecule has 1 heterocycles. The number of hydrogen-bond donors (Lipinski definition) is 1. The van der Waals surface area contributed by atoms with Crippen LogP contribution in [0.2, 0.25) is 0 Å². The molecule has 1 unspecified atom stereocenters. The van der Waals surface area contributed by atoms with Crippen molar-refractivity contribution in [2.45, 2.75) is 43.5 Å². The number of aryl methyl sites for hydroxylation is 1. The fraction of sp³-hybridized carbons (Fsp3) is 0.571. The Bertz CT molecular complexity index is 574. The minimum atomic E-state index is -3.43. The minimum absolute atomic E-state index is 0.0242. The maximum Gasteiger partial charge on any atom is 0.243 e. The second-order valence-electron chi connectivity index (χ2n) is 5.19. The molecule has 0 saturated carbocycles. The highest BCUT2D eigenvalue weighted by Crippen LogP contribution is 2.30. The molecule has 1 aromatic carbocycles. The second kappa shape index (κ2) is 6.56. The molecule has 4 nitrogen and oxygen atoms in total. The smallest absolute Gasteiger partial charge is 0.243 e. The molecule has 112 valence electrons. The fourth-order valence-corrected chi connectivity index (χ4v) is 4.71. The maximum absolute atomic E-state index is 12.7. The van der Waals surface area contributed by atoms with Gasteiger partial charge in [-0.15, -0.1) is 0 Å². The summed E-state index contributed by atoms with van der Waals surface area (Å²) in [5, 5.41) is 8.93. The molecular weight excluding hydrogens is 342 g/mol. The maximum atomic E-state index is 12.7. The number of aliphatic hydroxyl groups is 1. The average Bonchev–Trinajstić information content (AvgIpc) is 2.88. The van der Waals surface area contributed by atoms with Crippen LogP contribution in [0.25, 0.3) is 0 Å². The Morgan fingerprint density at radius 3 is 2.85 bits per heavy atom. The number of rotatable bonds is 5. The molecule has 0 bridgehead atoms. The number of sulfonamides is 1. The number of hydrogen-bond acceptors (Lipinski definition) is 3. The van der Waals surface area contributed by atoms with Crippen molar-refractivity contribution in [3.63, 3.8) is 0 Å². The number of nitrogens with zero attached hydrogens (tertiary/aromatic N) is 1. The van der Waals surface area contributed by atoms with Gasteiger partial charge < -0.3 is 5.11 Å². The summed E-state index contributed by atoms with van der Waals surface area (Å²) in [5.41, 5.74) is 0.914. The van der Waals surface area contributed by atoms with Crippen LogP contribution in [-0.4, -0.2) is 37.0 Å². The van der Waals surface area contributed by atoms with Crippen LogP contribution in [0.3, 0.4) is 0 Å². The lowest BCUT2D eigenvalue weighted by atomic mass is 10.1. The SMILES string of the molecule is Cc1cc(S(=O)(=O)N2CCCC2CCCO)ccc1Br. The summed E-state index contributed by atoms with van der Waals surface area (Å²) in [5.74, 6) is 0. The van der Waals surface area contributed by atoms with Gasteiger partial charge in [-0.05, 0) is 56.4 Å². The lowest BCUT2D eigenvalue weighted by Crippen LogP contribution is -2.35. The Morgan fingerprint density at radius 2 is 2.20 bits per heavy atom. The molecule has 1 aliphatic heterocycles. The zero-order valence-electron chi connectivity index (χ0n) is 11.5. The Balaban J connectivity index is 2.26. The van der Waals surface area contributed by atoms with Crippen LogP contribution in [0, 0.1) is 6.92 Å². The lowest BCUT2D eigenvalue weighted by molar-refractivity contribution is 0.264. The number of halogens is 1. The van der Waals surface area contributed by atoms with Gasteiger partial charge >= 0.3 is 0 Å². The largest absolute Gasteiger partial charge is 0.396 e. The van der Waals surface area contributed by atoms with Gasteiger partial charge in [0.25, 0.3) is 0 Å². The van der Waals surface area contributed by atoms with Gasteiger partial charge in [-0.3, -0.25) is 0 Å². The van der Waals surface area contributed by atoms with Crippen LogP contribution in [0.15, 0.2) is 27.6 Å². The van der Waals surface area contributed by atoms with Crippen molar-refractivity contribution in [3.05, 3.63) is 28.2 Å². The van der Waals surface area contributed by atoms with Crippen LogP contribution in [0.1, 0.15) is 31.2 Å². The number of aliphatic hydroxyl groups excluding tert-OH is 1. The molecule has 1 aliphatic rings. The monoisotopic (exact) mass is 361 g/mol. The van der Waals surface area contributed by atoms with E-state index in [1.165, 1.54) is 0 Å². The van der Waals surface area contributed by atoms with Gasteiger partial charge in [-0.2, -0.15) is 4.31 Å². The van der Waals surface area contributed by atoms with Gasteiger partial charge in [-0.1, -0.05) is 15.9 Å². The van der Waals surface area contributed by atoms with Crippen molar-refractivity contribution in [2.24, 2.45) is 0 Å². The van der Waals surface area contributed by atoms with Crippen molar-refractivity contribution < 1.29 is 13.5 Å². The second-order valence-corrected chi connectivity index (χ2v) is 7.93. The van der Waals surface area contributed by atoms with E-state index in [1.54, 1.807) is 22.5 Å². The predicted octanol–water partition coefficient (Wildman–Crippen LogP) is 2.68.